The van der Waals surface area contributed by atoms with Crippen LogP contribution in [0.3, 0.4) is 0 Å². The SMILES string of the molecule is CN(c1ccc(Cl)cc1)c1ccc(C(=O)c2cc(Oc3ccc(Cl)cc3)cc(C(=O)O)c2)nc1. The average Bonchev–Trinajstić information content (AvgIpc) is 2.85. The molecule has 1 N–H and O–H groups in total. The number of anilines is 2. The Morgan fingerprint density at radius 2 is 1.38 bits per heavy atom. The van der Waals surface area contributed by atoms with Gasteiger partial charge in [-0.1, -0.05) is 23.2 Å². The maximum Gasteiger partial charge on any atom is 0.335 e. The molecule has 0 spiro atoms. The lowest BCUT2D eigenvalue weighted by Gasteiger charge is -2.19. The summed E-state index contributed by atoms with van der Waals surface area (Å²) in [6.07, 6.45) is 1.58. The number of ether oxygens (including phenoxy) is 1. The summed E-state index contributed by atoms with van der Waals surface area (Å²) in [4.78, 5) is 30.9. The van der Waals surface area contributed by atoms with E-state index in [1.165, 1.54) is 18.2 Å². The van der Waals surface area contributed by atoms with Crippen LogP contribution in [-0.4, -0.2) is 28.9 Å². The van der Waals surface area contributed by atoms with Crippen molar-refractivity contribution in [1.82, 2.24) is 4.98 Å². The molecular formula is C26H18Cl2N2O4. The molecule has 0 bridgehead atoms. The molecule has 6 nitrogen and oxygen atoms in total. The van der Waals surface area contributed by atoms with Gasteiger partial charge < -0.3 is 14.7 Å². The maximum absolute atomic E-state index is 13.1. The minimum Gasteiger partial charge on any atom is -0.478 e. The molecule has 0 radical (unpaired) electrons. The van der Waals surface area contributed by atoms with Crippen molar-refractivity contribution < 1.29 is 19.4 Å². The van der Waals surface area contributed by atoms with Gasteiger partial charge >= 0.3 is 5.97 Å². The fraction of sp³-hybridized carbons (Fsp3) is 0.0385. The number of hydrogen-bond donors (Lipinski definition) is 1. The first-order chi connectivity index (χ1) is 16.3. The van der Waals surface area contributed by atoms with E-state index in [9.17, 15) is 14.7 Å². The summed E-state index contributed by atoms with van der Waals surface area (Å²) in [6, 6.07) is 21.4. The van der Waals surface area contributed by atoms with Crippen molar-refractivity contribution in [2.75, 3.05) is 11.9 Å². The number of carboxylic acid groups (broad SMARTS) is 1. The maximum atomic E-state index is 13.1. The summed E-state index contributed by atoms with van der Waals surface area (Å²) in [7, 11) is 1.87. The van der Waals surface area contributed by atoms with Gasteiger partial charge in [-0.05, 0) is 78.9 Å². The van der Waals surface area contributed by atoms with Gasteiger partial charge in [0.25, 0.3) is 0 Å². The molecule has 34 heavy (non-hydrogen) atoms. The zero-order chi connectivity index (χ0) is 24.2. The molecule has 0 saturated carbocycles. The van der Waals surface area contributed by atoms with Crippen molar-refractivity contribution >= 4 is 46.3 Å². The molecule has 0 amide bonds. The molecule has 0 saturated heterocycles. The fourth-order valence-electron chi connectivity index (χ4n) is 3.23. The topological polar surface area (TPSA) is 79.7 Å². The van der Waals surface area contributed by atoms with E-state index in [4.69, 9.17) is 27.9 Å². The molecule has 0 aliphatic rings. The highest BCUT2D eigenvalue weighted by atomic mass is 35.5. The zero-order valence-corrected chi connectivity index (χ0v) is 19.4. The van der Waals surface area contributed by atoms with Crippen LogP contribution in [0.2, 0.25) is 10.0 Å². The Hall–Kier alpha value is -3.87. The Kier molecular flexibility index (Phi) is 6.82. The molecule has 0 unspecified atom stereocenters. The Morgan fingerprint density at radius 1 is 0.794 bits per heavy atom. The van der Waals surface area contributed by atoms with Gasteiger partial charge in [-0.3, -0.25) is 9.78 Å². The zero-order valence-electron chi connectivity index (χ0n) is 17.9. The minimum absolute atomic E-state index is 0.0751. The first kappa shape index (κ1) is 23.3. The number of carbonyl (C=O) groups excluding carboxylic acids is 1. The number of carbonyl (C=O) groups is 2. The second-order valence-electron chi connectivity index (χ2n) is 7.37. The molecule has 8 heteroatoms. The largest absolute Gasteiger partial charge is 0.478 e. The number of hydrogen-bond acceptors (Lipinski definition) is 5. The van der Waals surface area contributed by atoms with Crippen LogP contribution in [0, 0.1) is 0 Å². The van der Waals surface area contributed by atoms with Crippen molar-refractivity contribution in [2.24, 2.45) is 0 Å². The van der Waals surface area contributed by atoms with Crippen molar-refractivity contribution in [3.05, 3.63) is 112 Å². The highest BCUT2D eigenvalue weighted by Crippen LogP contribution is 2.28. The lowest BCUT2D eigenvalue weighted by Crippen LogP contribution is -2.11. The van der Waals surface area contributed by atoms with Crippen molar-refractivity contribution in [1.29, 1.82) is 0 Å². The van der Waals surface area contributed by atoms with E-state index < -0.39 is 11.8 Å². The molecule has 4 rings (SSSR count). The summed E-state index contributed by atoms with van der Waals surface area (Å²) in [5.41, 5.74) is 1.92. The molecule has 1 aromatic heterocycles. The molecule has 170 valence electrons. The summed E-state index contributed by atoms with van der Waals surface area (Å²) in [5.74, 6) is -0.934. The van der Waals surface area contributed by atoms with Gasteiger partial charge in [-0.25, -0.2) is 4.79 Å². The summed E-state index contributed by atoms with van der Waals surface area (Å²) < 4.78 is 5.75. The molecule has 4 aromatic rings. The molecule has 3 aromatic carbocycles. The smallest absolute Gasteiger partial charge is 0.335 e. The van der Waals surface area contributed by atoms with Crippen LogP contribution in [0.15, 0.2) is 85.1 Å². The van der Waals surface area contributed by atoms with E-state index in [0.29, 0.717) is 15.8 Å². The molecular weight excluding hydrogens is 475 g/mol. The van der Waals surface area contributed by atoms with Gasteiger partial charge in [-0.2, -0.15) is 0 Å². The monoisotopic (exact) mass is 492 g/mol. The number of ketones is 1. The minimum atomic E-state index is -1.18. The molecule has 0 atom stereocenters. The van der Waals surface area contributed by atoms with Crippen molar-refractivity contribution in [3.63, 3.8) is 0 Å². The Bertz CT molecular complexity index is 1340. The van der Waals surface area contributed by atoms with E-state index in [-0.39, 0.29) is 22.6 Å². The summed E-state index contributed by atoms with van der Waals surface area (Å²) >= 11 is 11.8. The summed E-state index contributed by atoms with van der Waals surface area (Å²) in [6.45, 7) is 0. The Labute approximate surface area is 206 Å². The van der Waals surface area contributed by atoms with Crippen LogP contribution in [-0.2, 0) is 0 Å². The Balaban J connectivity index is 1.60. The Morgan fingerprint density at radius 3 is 1.97 bits per heavy atom. The lowest BCUT2D eigenvalue weighted by molar-refractivity contribution is 0.0696. The van der Waals surface area contributed by atoms with Gasteiger partial charge in [0.05, 0.1) is 17.4 Å². The number of halogens is 2. The number of carboxylic acids is 1. The number of pyridine rings is 1. The van der Waals surface area contributed by atoms with E-state index >= 15 is 0 Å². The molecule has 0 aliphatic carbocycles. The van der Waals surface area contributed by atoms with Crippen molar-refractivity contribution in [2.45, 2.75) is 0 Å². The number of aromatic carboxylic acids is 1. The van der Waals surface area contributed by atoms with Crippen LogP contribution in [0.4, 0.5) is 11.4 Å². The number of rotatable bonds is 7. The number of nitrogens with zero attached hydrogens (tertiary/aromatic N) is 2. The first-order valence-electron chi connectivity index (χ1n) is 10.1. The standard InChI is InChI=1S/C26H18Cl2N2O4/c1-30(20-6-2-18(27)3-7-20)21-8-11-24(29-15-21)25(31)16-12-17(26(32)33)14-23(13-16)34-22-9-4-19(28)5-10-22/h2-15H,1H3,(H,32,33). The van der Waals surface area contributed by atoms with Crippen LogP contribution in [0.25, 0.3) is 0 Å². The predicted molar refractivity (Wildman–Crippen MR) is 132 cm³/mol. The van der Waals surface area contributed by atoms with E-state index in [1.807, 2.05) is 24.1 Å². The second-order valence-corrected chi connectivity index (χ2v) is 8.25. The first-order valence-corrected chi connectivity index (χ1v) is 10.9. The van der Waals surface area contributed by atoms with Gasteiger partial charge in [-0.15, -0.1) is 0 Å². The molecule has 1 heterocycles. The predicted octanol–water partition coefficient (Wildman–Crippen LogP) is 6.88. The van der Waals surface area contributed by atoms with Crippen LogP contribution in [0.5, 0.6) is 11.5 Å². The lowest BCUT2D eigenvalue weighted by atomic mass is 10.0. The third-order valence-corrected chi connectivity index (χ3v) is 5.55. The quantitative estimate of drug-likeness (QED) is 0.283. The summed E-state index contributed by atoms with van der Waals surface area (Å²) in [5, 5.41) is 10.7. The van der Waals surface area contributed by atoms with Gasteiger partial charge in [0, 0.05) is 28.3 Å². The van der Waals surface area contributed by atoms with Gasteiger partial charge in [0.2, 0.25) is 5.78 Å². The number of aromatic nitrogens is 1. The highest BCUT2D eigenvalue weighted by Gasteiger charge is 2.17. The van der Waals surface area contributed by atoms with Crippen LogP contribution < -0.4 is 9.64 Å². The third kappa shape index (κ3) is 5.36. The van der Waals surface area contributed by atoms with Gasteiger partial charge in [0.1, 0.15) is 17.2 Å². The van der Waals surface area contributed by atoms with E-state index in [0.717, 1.165) is 11.4 Å². The van der Waals surface area contributed by atoms with Crippen molar-refractivity contribution in [3.8, 4) is 11.5 Å². The van der Waals surface area contributed by atoms with E-state index in [1.54, 1.807) is 54.7 Å². The molecule has 0 aliphatic heterocycles. The van der Waals surface area contributed by atoms with Crippen LogP contribution in [0.1, 0.15) is 26.4 Å². The normalized spacial score (nSPS) is 10.6. The third-order valence-electron chi connectivity index (χ3n) is 5.05. The number of benzene rings is 3. The second kappa shape index (κ2) is 9.95. The average molecular weight is 493 g/mol. The van der Waals surface area contributed by atoms with Crippen LogP contribution >= 0.6 is 23.2 Å². The van der Waals surface area contributed by atoms with Gasteiger partial charge in [0.15, 0.2) is 0 Å². The highest BCUT2D eigenvalue weighted by molar-refractivity contribution is 6.30. The fourth-order valence-corrected chi connectivity index (χ4v) is 3.48. The molecule has 0 fully saturated rings. The van der Waals surface area contributed by atoms with E-state index in [2.05, 4.69) is 4.98 Å².